The van der Waals surface area contributed by atoms with Crippen LogP contribution in [0, 0.1) is 0 Å². The summed E-state index contributed by atoms with van der Waals surface area (Å²) < 4.78 is 0. The molecule has 0 unspecified atom stereocenters. The molecule has 0 aromatic carbocycles. The Labute approximate surface area is 92.9 Å². The zero-order valence-electron chi connectivity index (χ0n) is 8.89. The Bertz CT molecular complexity index is 254. The topological polar surface area (TPSA) is 99.1 Å². The van der Waals surface area contributed by atoms with Crippen LogP contribution in [0.15, 0.2) is 0 Å². The Balaban J connectivity index is 2.31. The molecule has 7 heteroatoms. The Kier molecular flexibility index (Phi) is 5.00. The second kappa shape index (κ2) is 6.29. The van der Waals surface area contributed by atoms with E-state index >= 15 is 0 Å². The molecule has 0 bridgehead atoms. The molecule has 1 fully saturated rings. The first-order valence-corrected chi connectivity index (χ1v) is 5.16. The Morgan fingerprint density at radius 1 is 1.44 bits per heavy atom. The first kappa shape index (κ1) is 12.7. The molecule has 0 spiro atoms. The molecule has 0 saturated heterocycles. The third-order valence-corrected chi connectivity index (χ3v) is 2.47. The molecular weight excluding hydrogens is 216 g/mol. The van der Waals surface area contributed by atoms with Crippen molar-refractivity contribution in [1.82, 2.24) is 10.4 Å². The number of carbonyl (C=O) groups excluding carboxylic acids is 1. The van der Waals surface area contributed by atoms with Crippen molar-refractivity contribution >= 4 is 12.0 Å². The number of nitrogens with one attached hydrogen (secondary N) is 1. The fourth-order valence-electron chi connectivity index (χ4n) is 1.47. The van der Waals surface area contributed by atoms with E-state index in [0.717, 1.165) is 19.3 Å². The number of hydroxylamine groups is 1. The van der Waals surface area contributed by atoms with Gasteiger partial charge in [0, 0.05) is 12.6 Å². The molecule has 1 saturated carbocycles. The van der Waals surface area contributed by atoms with Crippen molar-refractivity contribution in [2.75, 3.05) is 19.8 Å². The number of urea groups is 1. The summed E-state index contributed by atoms with van der Waals surface area (Å²) in [5, 5.41) is 17.1. The Morgan fingerprint density at radius 3 is 2.56 bits per heavy atom. The normalized spacial score (nSPS) is 15.3. The average molecular weight is 232 g/mol. The van der Waals surface area contributed by atoms with E-state index in [-0.39, 0.29) is 19.2 Å². The van der Waals surface area contributed by atoms with Gasteiger partial charge < -0.3 is 15.1 Å². The van der Waals surface area contributed by atoms with Gasteiger partial charge in [0.2, 0.25) is 0 Å². The molecule has 0 aliphatic heterocycles. The summed E-state index contributed by atoms with van der Waals surface area (Å²) >= 11 is 0. The van der Waals surface area contributed by atoms with E-state index in [1.54, 1.807) is 0 Å². The van der Waals surface area contributed by atoms with E-state index in [1.165, 1.54) is 4.90 Å². The fourth-order valence-corrected chi connectivity index (χ4v) is 1.47. The van der Waals surface area contributed by atoms with Crippen LogP contribution >= 0.6 is 0 Å². The molecule has 1 aliphatic rings. The highest BCUT2D eigenvalue weighted by Gasteiger charge is 2.28. The van der Waals surface area contributed by atoms with Gasteiger partial charge in [0.05, 0.1) is 6.61 Å². The summed E-state index contributed by atoms with van der Waals surface area (Å²) in [7, 11) is 0. The molecule has 0 aromatic heterocycles. The van der Waals surface area contributed by atoms with Crippen molar-refractivity contribution in [3.05, 3.63) is 0 Å². The fraction of sp³-hybridized carbons (Fsp3) is 0.778. The number of rotatable bonds is 6. The van der Waals surface area contributed by atoms with Gasteiger partial charge in [-0.05, 0) is 19.3 Å². The van der Waals surface area contributed by atoms with Gasteiger partial charge in [0.25, 0.3) is 0 Å². The van der Waals surface area contributed by atoms with Gasteiger partial charge in [0.1, 0.15) is 0 Å². The summed E-state index contributed by atoms with van der Waals surface area (Å²) in [6, 6.07) is -0.374. The van der Waals surface area contributed by atoms with Crippen LogP contribution in [-0.4, -0.2) is 52.9 Å². The lowest BCUT2D eigenvalue weighted by atomic mass is 9.92. The zero-order chi connectivity index (χ0) is 12.0. The van der Waals surface area contributed by atoms with Crippen molar-refractivity contribution in [3.63, 3.8) is 0 Å². The van der Waals surface area contributed by atoms with Gasteiger partial charge in [-0.25, -0.2) is 15.1 Å². The second-order valence-electron chi connectivity index (χ2n) is 3.59. The predicted molar refractivity (Wildman–Crippen MR) is 53.6 cm³/mol. The largest absolute Gasteiger partial charge is 0.479 e. The highest BCUT2D eigenvalue weighted by Crippen LogP contribution is 2.24. The Hall–Kier alpha value is -1.34. The quantitative estimate of drug-likeness (QED) is 0.539. The first-order valence-electron chi connectivity index (χ1n) is 5.16. The maximum absolute atomic E-state index is 11.5. The smallest absolute Gasteiger partial charge is 0.341 e. The minimum atomic E-state index is -1.15. The molecule has 3 N–H and O–H groups in total. The van der Waals surface area contributed by atoms with Gasteiger partial charge in [-0.2, -0.15) is 0 Å². The van der Waals surface area contributed by atoms with Crippen LogP contribution in [0.1, 0.15) is 19.3 Å². The molecule has 2 amide bonds. The van der Waals surface area contributed by atoms with E-state index in [0.29, 0.717) is 0 Å². The molecule has 1 aliphatic carbocycles. The number of carbonyl (C=O) groups is 2. The SMILES string of the molecule is O=C(O)CONC(=O)N(CCO)C1CCC1. The molecule has 7 nitrogen and oxygen atoms in total. The summed E-state index contributed by atoms with van der Waals surface area (Å²) in [6.07, 6.45) is 2.88. The predicted octanol–water partition coefficient (Wildman–Crippen LogP) is -0.441. The lowest BCUT2D eigenvalue weighted by molar-refractivity contribution is -0.144. The minimum absolute atomic E-state index is 0.122. The van der Waals surface area contributed by atoms with Crippen LogP contribution in [0.4, 0.5) is 4.79 Å². The third-order valence-electron chi connectivity index (χ3n) is 2.47. The number of hydrogen-bond acceptors (Lipinski definition) is 4. The monoisotopic (exact) mass is 232 g/mol. The summed E-state index contributed by atoms with van der Waals surface area (Å²) in [5.41, 5.74) is 2.04. The maximum Gasteiger partial charge on any atom is 0.341 e. The molecule has 92 valence electrons. The molecule has 0 aromatic rings. The third kappa shape index (κ3) is 3.67. The zero-order valence-corrected chi connectivity index (χ0v) is 8.89. The van der Waals surface area contributed by atoms with Crippen LogP contribution in [0.2, 0.25) is 0 Å². The lowest BCUT2D eigenvalue weighted by Crippen LogP contribution is -2.50. The number of aliphatic hydroxyl groups is 1. The van der Waals surface area contributed by atoms with Crippen molar-refractivity contribution in [2.45, 2.75) is 25.3 Å². The highest BCUT2D eigenvalue weighted by molar-refractivity contribution is 5.74. The standard InChI is InChI=1S/C9H16N2O5/c12-5-4-11(7-2-1-3-7)9(15)10-16-6-8(13)14/h7,12H,1-6H2,(H,10,15)(H,13,14). The number of aliphatic hydroxyl groups excluding tert-OH is 1. The number of carboxylic acid groups (broad SMARTS) is 1. The van der Waals surface area contributed by atoms with Crippen LogP contribution in [0.5, 0.6) is 0 Å². The van der Waals surface area contributed by atoms with Gasteiger partial charge in [-0.15, -0.1) is 0 Å². The lowest BCUT2D eigenvalue weighted by Gasteiger charge is -2.36. The number of hydrogen-bond donors (Lipinski definition) is 3. The summed E-state index contributed by atoms with van der Waals surface area (Å²) in [6.45, 7) is -0.473. The van der Waals surface area contributed by atoms with Crippen LogP contribution in [-0.2, 0) is 9.63 Å². The van der Waals surface area contributed by atoms with E-state index in [9.17, 15) is 9.59 Å². The maximum atomic E-state index is 11.5. The number of nitrogens with zero attached hydrogens (tertiary/aromatic N) is 1. The molecular formula is C9H16N2O5. The number of aliphatic carboxylic acids is 1. The van der Waals surface area contributed by atoms with Gasteiger partial charge in [-0.3, -0.25) is 4.84 Å². The van der Waals surface area contributed by atoms with Gasteiger partial charge in [-0.1, -0.05) is 0 Å². The summed E-state index contributed by atoms with van der Waals surface area (Å²) in [4.78, 5) is 27.6. The molecule has 0 heterocycles. The van der Waals surface area contributed by atoms with Crippen molar-refractivity contribution < 1.29 is 24.6 Å². The molecule has 0 radical (unpaired) electrons. The van der Waals surface area contributed by atoms with E-state index < -0.39 is 18.6 Å². The van der Waals surface area contributed by atoms with E-state index in [1.807, 2.05) is 5.48 Å². The number of amides is 2. The van der Waals surface area contributed by atoms with Crippen molar-refractivity contribution in [1.29, 1.82) is 0 Å². The van der Waals surface area contributed by atoms with Gasteiger partial charge in [0.15, 0.2) is 6.61 Å². The highest BCUT2D eigenvalue weighted by atomic mass is 16.7. The second-order valence-corrected chi connectivity index (χ2v) is 3.59. The summed E-state index contributed by atoms with van der Waals surface area (Å²) in [5.74, 6) is -1.15. The molecule has 16 heavy (non-hydrogen) atoms. The molecule has 1 rings (SSSR count). The van der Waals surface area contributed by atoms with Crippen LogP contribution in [0.3, 0.4) is 0 Å². The Morgan fingerprint density at radius 2 is 2.12 bits per heavy atom. The molecule has 0 atom stereocenters. The van der Waals surface area contributed by atoms with E-state index in [4.69, 9.17) is 10.2 Å². The van der Waals surface area contributed by atoms with Gasteiger partial charge >= 0.3 is 12.0 Å². The van der Waals surface area contributed by atoms with Crippen LogP contribution < -0.4 is 5.48 Å². The average Bonchev–Trinajstić information content (AvgIpc) is 2.13. The number of carboxylic acids is 1. The minimum Gasteiger partial charge on any atom is -0.479 e. The first-order chi connectivity index (χ1) is 7.65. The van der Waals surface area contributed by atoms with E-state index in [2.05, 4.69) is 4.84 Å². The van der Waals surface area contributed by atoms with Crippen molar-refractivity contribution in [3.8, 4) is 0 Å². The van der Waals surface area contributed by atoms with Crippen molar-refractivity contribution in [2.24, 2.45) is 0 Å². The van der Waals surface area contributed by atoms with Crippen LogP contribution in [0.25, 0.3) is 0 Å².